The Morgan fingerprint density at radius 2 is 1.79 bits per heavy atom. The Hall–Kier alpha value is -4.23. The second-order valence-corrected chi connectivity index (χ2v) is 11.7. The molecule has 1 saturated heterocycles. The monoisotopic (exact) mass is 584 g/mol. The number of amides is 1. The van der Waals surface area contributed by atoms with Crippen molar-refractivity contribution in [2.75, 3.05) is 54.9 Å². The number of nitrogen functional groups attached to an aromatic ring is 1. The first kappa shape index (κ1) is 30.7. The Kier molecular flexibility index (Phi) is 9.32. The standard InChI is InChI=1S/C28H40N8O6/c1-7-40-23(37)19-13-31-26(33-22(19)29)36-11-10-34(15-21(36)24(38)41-16-17(2)3)25-30-12-18-14-35(9-8-20(18)32-25)27(39)42-28(4,5)6/h12-13,17,21H,7-11,14-16H2,1-6H3,(H2,29,31,33)/t21-/m1/s1. The molecule has 0 bridgehead atoms. The maximum Gasteiger partial charge on any atom is 0.410 e. The van der Waals surface area contributed by atoms with Crippen LogP contribution in [0.2, 0.25) is 0 Å². The highest BCUT2D eigenvalue weighted by Gasteiger charge is 2.37. The number of esters is 2. The van der Waals surface area contributed by atoms with Gasteiger partial charge < -0.3 is 34.6 Å². The fourth-order valence-electron chi connectivity index (χ4n) is 4.58. The van der Waals surface area contributed by atoms with Crippen LogP contribution in [0.5, 0.6) is 0 Å². The zero-order valence-corrected chi connectivity index (χ0v) is 25.1. The van der Waals surface area contributed by atoms with Crippen molar-refractivity contribution >= 4 is 35.7 Å². The van der Waals surface area contributed by atoms with Gasteiger partial charge in [-0.1, -0.05) is 13.8 Å². The zero-order valence-electron chi connectivity index (χ0n) is 25.1. The summed E-state index contributed by atoms with van der Waals surface area (Å²) in [7, 11) is 0. The van der Waals surface area contributed by atoms with Gasteiger partial charge in [0.1, 0.15) is 23.0 Å². The van der Waals surface area contributed by atoms with Gasteiger partial charge in [-0.3, -0.25) is 0 Å². The highest BCUT2D eigenvalue weighted by atomic mass is 16.6. The number of piperazine rings is 1. The molecule has 1 atom stereocenters. The van der Waals surface area contributed by atoms with Crippen LogP contribution in [-0.2, 0) is 32.0 Å². The summed E-state index contributed by atoms with van der Waals surface area (Å²) in [4.78, 5) is 61.3. The molecule has 14 nitrogen and oxygen atoms in total. The van der Waals surface area contributed by atoms with Gasteiger partial charge in [0.25, 0.3) is 0 Å². The molecule has 228 valence electrons. The summed E-state index contributed by atoms with van der Waals surface area (Å²) < 4.78 is 16.1. The lowest BCUT2D eigenvalue weighted by Crippen LogP contribution is -2.58. The van der Waals surface area contributed by atoms with E-state index in [4.69, 9.17) is 24.9 Å². The van der Waals surface area contributed by atoms with Crippen LogP contribution in [0.1, 0.15) is 63.2 Å². The molecule has 0 saturated carbocycles. The molecule has 0 spiro atoms. The van der Waals surface area contributed by atoms with Crippen molar-refractivity contribution in [3.63, 3.8) is 0 Å². The van der Waals surface area contributed by atoms with Gasteiger partial charge in [0, 0.05) is 44.0 Å². The number of ether oxygens (including phenoxy) is 3. The summed E-state index contributed by atoms with van der Waals surface area (Å²) >= 11 is 0. The third kappa shape index (κ3) is 7.34. The molecule has 1 amide bonds. The first-order valence-corrected chi connectivity index (χ1v) is 14.2. The molecule has 0 radical (unpaired) electrons. The molecular weight excluding hydrogens is 544 g/mol. The van der Waals surface area contributed by atoms with Crippen molar-refractivity contribution in [3.05, 3.63) is 29.2 Å². The first-order valence-electron chi connectivity index (χ1n) is 14.2. The van der Waals surface area contributed by atoms with Crippen molar-refractivity contribution < 1.29 is 28.6 Å². The van der Waals surface area contributed by atoms with Crippen LogP contribution >= 0.6 is 0 Å². The Bertz CT molecular complexity index is 1310. The minimum atomic E-state index is -0.771. The van der Waals surface area contributed by atoms with Gasteiger partial charge in [-0.25, -0.2) is 29.3 Å². The van der Waals surface area contributed by atoms with E-state index in [-0.39, 0.29) is 49.1 Å². The van der Waals surface area contributed by atoms with E-state index in [1.807, 2.05) is 39.5 Å². The van der Waals surface area contributed by atoms with Crippen molar-refractivity contribution in [2.45, 2.75) is 66.2 Å². The van der Waals surface area contributed by atoms with Crippen molar-refractivity contribution in [3.8, 4) is 0 Å². The second kappa shape index (κ2) is 12.7. The number of nitrogens with two attached hydrogens (primary N) is 1. The average Bonchev–Trinajstić information content (AvgIpc) is 2.94. The van der Waals surface area contributed by atoms with E-state index in [9.17, 15) is 14.4 Å². The number of nitrogens with zero attached hydrogens (tertiary/aromatic N) is 7. The minimum absolute atomic E-state index is 0.0337. The van der Waals surface area contributed by atoms with Gasteiger partial charge >= 0.3 is 18.0 Å². The lowest BCUT2D eigenvalue weighted by atomic mass is 10.1. The second-order valence-electron chi connectivity index (χ2n) is 11.7. The van der Waals surface area contributed by atoms with E-state index in [0.29, 0.717) is 38.5 Å². The molecule has 0 aliphatic carbocycles. The maximum atomic E-state index is 13.3. The molecule has 0 aromatic carbocycles. The van der Waals surface area contributed by atoms with Crippen LogP contribution in [0.4, 0.5) is 22.5 Å². The molecule has 2 aromatic rings. The van der Waals surface area contributed by atoms with Gasteiger partial charge in [0.05, 0.1) is 32.0 Å². The molecular formula is C28H40N8O6. The summed E-state index contributed by atoms with van der Waals surface area (Å²) in [5.74, 6) is -0.233. The fourth-order valence-corrected chi connectivity index (χ4v) is 4.58. The van der Waals surface area contributed by atoms with Gasteiger partial charge in [-0.05, 0) is 33.6 Å². The molecule has 2 N–H and O–H groups in total. The van der Waals surface area contributed by atoms with Crippen molar-refractivity contribution in [1.29, 1.82) is 0 Å². The fraction of sp³-hybridized carbons (Fsp3) is 0.607. The molecule has 2 aromatic heterocycles. The molecule has 4 heterocycles. The molecule has 2 aliphatic heterocycles. The largest absolute Gasteiger partial charge is 0.464 e. The predicted molar refractivity (Wildman–Crippen MR) is 154 cm³/mol. The molecule has 0 unspecified atom stereocenters. The van der Waals surface area contributed by atoms with Crippen molar-refractivity contribution in [1.82, 2.24) is 24.8 Å². The third-order valence-electron chi connectivity index (χ3n) is 6.62. The Labute approximate surface area is 245 Å². The van der Waals surface area contributed by atoms with E-state index in [2.05, 4.69) is 15.0 Å². The molecule has 14 heteroatoms. The number of hydrogen-bond donors (Lipinski definition) is 1. The van der Waals surface area contributed by atoms with Gasteiger partial charge in [0.2, 0.25) is 11.9 Å². The first-order chi connectivity index (χ1) is 19.9. The average molecular weight is 585 g/mol. The number of fused-ring (bicyclic) bond motifs is 1. The number of aromatic nitrogens is 4. The van der Waals surface area contributed by atoms with Crippen LogP contribution in [0.3, 0.4) is 0 Å². The van der Waals surface area contributed by atoms with E-state index in [1.54, 1.807) is 22.9 Å². The third-order valence-corrected chi connectivity index (χ3v) is 6.62. The predicted octanol–water partition coefficient (Wildman–Crippen LogP) is 2.21. The summed E-state index contributed by atoms with van der Waals surface area (Å²) in [5.41, 5.74) is 7.26. The Morgan fingerprint density at radius 1 is 1.05 bits per heavy atom. The number of carbonyl (C=O) groups is 3. The van der Waals surface area contributed by atoms with Crippen LogP contribution in [0.15, 0.2) is 12.4 Å². The highest BCUT2D eigenvalue weighted by molar-refractivity contribution is 5.94. The van der Waals surface area contributed by atoms with Crippen LogP contribution in [-0.4, -0.2) is 93.9 Å². The van der Waals surface area contributed by atoms with Crippen LogP contribution < -0.4 is 15.5 Å². The summed E-state index contributed by atoms with van der Waals surface area (Å²) in [6, 6.07) is -0.771. The topological polar surface area (TPSA) is 166 Å². The van der Waals surface area contributed by atoms with Crippen molar-refractivity contribution in [2.24, 2.45) is 5.92 Å². The SMILES string of the molecule is CCOC(=O)c1cnc(N2CCN(c3ncc4c(n3)CCN(C(=O)OC(C)(C)C)C4)C[C@@H]2C(=O)OCC(C)C)nc1N. The zero-order chi connectivity index (χ0) is 30.6. The number of rotatable bonds is 7. The normalized spacial score (nSPS) is 17.1. The van der Waals surface area contributed by atoms with Crippen LogP contribution in [0, 0.1) is 5.92 Å². The van der Waals surface area contributed by atoms with E-state index in [0.717, 1.165) is 11.3 Å². The number of anilines is 3. The van der Waals surface area contributed by atoms with Gasteiger partial charge in [0.15, 0.2) is 0 Å². The summed E-state index contributed by atoms with van der Waals surface area (Å²) in [5, 5.41) is 0. The van der Waals surface area contributed by atoms with Gasteiger partial charge in [-0.15, -0.1) is 0 Å². The lowest BCUT2D eigenvalue weighted by Gasteiger charge is -2.40. The highest BCUT2D eigenvalue weighted by Crippen LogP contribution is 2.25. The number of hydrogen-bond acceptors (Lipinski definition) is 13. The smallest absolute Gasteiger partial charge is 0.410 e. The Balaban J connectivity index is 1.53. The summed E-state index contributed by atoms with van der Waals surface area (Å²) in [6.45, 7) is 13.5. The van der Waals surface area contributed by atoms with E-state index in [1.165, 1.54) is 6.20 Å². The molecule has 42 heavy (non-hydrogen) atoms. The quantitative estimate of drug-likeness (QED) is 0.372. The van der Waals surface area contributed by atoms with Crippen LogP contribution in [0.25, 0.3) is 0 Å². The van der Waals surface area contributed by atoms with Gasteiger partial charge in [-0.2, -0.15) is 4.98 Å². The molecule has 2 aliphatic rings. The molecule has 1 fully saturated rings. The minimum Gasteiger partial charge on any atom is -0.464 e. The van der Waals surface area contributed by atoms with E-state index < -0.39 is 23.6 Å². The number of carbonyl (C=O) groups excluding carboxylic acids is 3. The van der Waals surface area contributed by atoms with E-state index >= 15 is 0 Å². The molecule has 4 rings (SSSR count). The Morgan fingerprint density at radius 3 is 2.45 bits per heavy atom. The lowest BCUT2D eigenvalue weighted by molar-refractivity contribution is -0.146. The maximum absolute atomic E-state index is 13.3. The summed E-state index contributed by atoms with van der Waals surface area (Å²) in [6.07, 6.45) is 3.23.